The molecule has 0 unspecified atom stereocenters. The predicted molar refractivity (Wildman–Crippen MR) is 126 cm³/mol. The van der Waals surface area contributed by atoms with E-state index in [-0.39, 0.29) is 23.9 Å². The number of hydrogen-bond donors (Lipinski definition) is 0. The van der Waals surface area contributed by atoms with Crippen molar-refractivity contribution in [2.45, 2.75) is 51.7 Å². The molecule has 0 saturated carbocycles. The number of benzene rings is 1. The molecule has 1 aliphatic rings. The lowest BCUT2D eigenvalue weighted by Crippen LogP contribution is -2.40. The first kappa shape index (κ1) is 24.4. The number of aromatic nitrogens is 4. The lowest BCUT2D eigenvalue weighted by molar-refractivity contribution is -0.144. The van der Waals surface area contributed by atoms with Crippen molar-refractivity contribution in [3.8, 4) is 0 Å². The Balaban J connectivity index is 1.56. The number of aryl methyl sites for hydroxylation is 3. The van der Waals surface area contributed by atoms with Crippen LogP contribution in [0.5, 0.6) is 0 Å². The van der Waals surface area contributed by atoms with Crippen molar-refractivity contribution >= 4 is 27.0 Å². The van der Waals surface area contributed by atoms with Crippen molar-refractivity contribution in [1.82, 2.24) is 23.6 Å². The van der Waals surface area contributed by atoms with E-state index in [0.29, 0.717) is 44.2 Å². The number of rotatable bonds is 8. The zero-order valence-corrected chi connectivity index (χ0v) is 20.9. The molecule has 0 radical (unpaired) electrons. The molecule has 1 saturated heterocycles. The lowest BCUT2D eigenvalue weighted by Gasteiger charge is -2.26. The minimum absolute atomic E-state index is 0.0113. The van der Waals surface area contributed by atoms with E-state index in [1.165, 1.54) is 4.31 Å². The molecular formula is C23H31N5O5S. The van der Waals surface area contributed by atoms with Gasteiger partial charge in [0.2, 0.25) is 10.0 Å². The second kappa shape index (κ2) is 9.85. The number of imidazole rings is 1. The fourth-order valence-corrected chi connectivity index (χ4v) is 5.68. The van der Waals surface area contributed by atoms with Gasteiger partial charge in [-0.2, -0.15) is 9.40 Å². The molecule has 1 aromatic carbocycles. The van der Waals surface area contributed by atoms with E-state index in [0.717, 1.165) is 28.9 Å². The van der Waals surface area contributed by atoms with Gasteiger partial charge in [-0.1, -0.05) is 6.92 Å². The molecule has 2 aromatic heterocycles. The number of carbonyl (C=O) groups excluding carboxylic acids is 1. The van der Waals surface area contributed by atoms with Crippen molar-refractivity contribution in [2.24, 2.45) is 7.05 Å². The first-order valence-corrected chi connectivity index (χ1v) is 12.9. The Morgan fingerprint density at radius 1 is 1.21 bits per heavy atom. The highest BCUT2D eigenvalue weighted by Crippen LogP contribution is 2.24. The molecule has 4 rings (SSSR count). The van der Waals surface area contributed by atoms with E-state index in [1.807, 2.05) is 32.4 Å². The van der Waals surface area contributed by atoms with Crippen LogP contribution < -0.4 is 0 Å². The quantitative estimate of drug-likeness (QED) is 0.446. The average Bonchev–Trinajstić information content (AvgIpc) is 3.29. The Hall–Kier alpha value is -2.76. The Bertz CT molecular complexity index is 1300. The molecule has 184 valence electrons. The van der Waals surface area contributed by atoms with Gasteiger partial charge in [0.15, 0.2) is 0 Å². The van der Waals surface area contributed by atoms with Crippen LogP contribution in [0.1, 0.15) is 36.1 Å². The molecule has 0 atom stereocenters. The first-order valence-electron chi connectivity index (χ1n) is 11.4. The maximum Gasteiger partial charge on any atom is 0.310 e. The van der Waals surface area contributed by atoms with Crippen molar-refractivity contribution < 1.29 is 22.7 Å². The summed E-state index contributed by atoms with van der Waals surface area (Å²) >= 11 is 0. The van der Waals surface area contributed by atoms with Crippen molar-refractivity contribution in [3.63, 3.8) is 0 Å². The molecule has 10 nitrogen and oxygen atoms in total. The lowest BCUT2D eigenvalue weighted by atomic mass is 10.1. The first-order chi connectivity index (χ1) is 16.2. The van der Waals surface area contributed by atoms with Crippen LogP contribution in [0.4, 0.5) is 0 Å². The van der Waals surface area contributed by atoms with Gasteiger partial charge in [0, 0.05) is 37.9 Å². The molecule has 1 aliphatic heterocycles. The third kappa shape index (κ3) is 4.73. The molecule has 1 fully saturated rings. The van der Waals surface area contributed by atoms with E-state index < -0.39 is 10.0 Å². The minimum Gasteiger partial charge on any atom is -0.457 e. The number of morpholine rings is 1. The van der Waals surface area contributed by atoms with E-state index >= 15 is 0 Å². The average molecular weight is 490 g/mol. The maximum absolute atomic E-state index is 13.1. The minimum atomic E-state index is -3.63. The van der Waals surface area contributed by atoms with Crippen LogP contribution in [-0.2, 0) is 50.9 Å². The number of ether oxygens (including phenoxy) is 2. The molecule has 0 amide bonds. The van der Waals surface area contributed by atoms with Crippen molar-refractivity contribution in [2.75, 3.05) is 26.3 Å². The van der Waals surface area contributed by atoms with E-state index in [2.05, 4.69) is 10.1 Å². The summed E-state index contributed by atoms with van der Waals surface area (Å²) in [5, 5.41) is 4.34. The molecule has 0 bridgehead atoms. The number of esters is 1. The van der Waals surface area contributed by atoms with Crippen molar-refractivity contribution in [3.05, 3.63) is 41.0 Å². The van der Waals surface area contributed by atoms with Gasteiger partial charge in [-0.05, 0) is 38.5 Å². The summed E-state index contributed by atoms with van der Waals surface area (Å²) < 4.78 is 42.1. The zero-order chi connectivity index (χ0) is 24.5. The summed E-state index contributed by atoms with van der Waals surface area (Å²) in [6, 6.07) is 4.99. The van der Waals surface area contributed by atoms with Gasteiger partial charge in [-0.3, -0.25) is 9.48 Å². The number of carbonyl (C=O) groups is 1. The number of sulfonamides is 1. The highest BCUT2D eigenvalue weighted by Gasteiger charge is 2.27. The zero-order valence-electron chi connectivity index (χ0n) is 20.1. The summed E-state index contributed by atoms with van der Waals surface area (Å²) in [5.41, 5.74) is 3.99. The van der Waals surface area contributed by atoms with Gasteiger partial charge in [0.05, 0.1) is 41.3 Å². The largest absolute Gasteiger partial charge is 0.457 e. The Morgan fingerprint density at radius 2 is 1.94 bits per heavy atom. The van der Waals surface area contributed by atoms with E-state index in [4.69, 9.17) is 9.47 Å². The number of hydrogen-bond acceptors (Lipinski definition) is 7. The fraction of sp³-hybridized carbons (Fsp3) is 0.522. The summed E-state index contributed by atoms with van der Waals surface area (Å²) in [4.78, 5) is 17.4. The van der Waals surface area contributed by atoms with E-state index in [9.17, 15) is 13.2 Å². The van der Waals surface area contributed by atoms with Gasteiger partial charge >= 0.3 is 5.97 Å². The summed E-state index contributed by atoms with van der Waals surface area (Å²) in [7, 11) is -1.78. The Labute approximate surface area is 199 Å². The third-order valence-electron chi connectivity index (χ3n) is 6.20. The third-order valence-corrected chi connectivity index (χ3v) is 8.09. The van der Waals surface area contributed by atoms with E-state index in [1.54, 1.807) is 22.9 Å². The molecule has 0 spiro atoms. The molecule has 3 aromatic rings. The van der Waals surface area contributed by atoms with Crippen LogP contribution in [0.15, 0.2) is 23.1 Å². The van der Waals surface area contributed by atoms with Gasteiger partial charge in [0.1, 0.15) is 12.4 Å². The highest BCUT2D eigenvalue weighted by molar-refractivity contribution is 7.89. The van der Waals surface area contributed by atoms with Crippen LogP contribution in [0.2, 0.25) is 0 Å². The Morgan fingerprint density at radius 3 is 2.59 bits per heavy atom. The predicted octanol–water partition coefficient (Wildman–Crippen LogP) is 2.10. The SMILES string of the molecule is CCCn1c(COC(=O)Cc2c(C)nn(C)c2C)nc2cc(S(=O)(=O)N3CCOCC3)ccc21. The smallest absolute Gasteiger partial charge is 0.310 e. The van der Waals surface area contributed by atoms with Crippen LogP contribution in [0.3, 0.4) is 0 Å². The van der Waals surface area contributed by atoms with Gasteiger partial charge < -0.3 is 14.0 Å². The van der Waals surface area contributed by atoms with Crippen molar-refractivity contribution in [1.29, 1.82) is 0 Å². The van der Waals surface area contributed by atoms with Gasteiger partial charge in [-0.25, -0.2) is 13.4 Å². The summed E-state index contributed by atoms with van der Waals surface area (Å²) in [6.07, 6.45) is 0.996. The van der Waals surface area contributed by atoms with Gasteiger partial charge in [0.25, 0.3) is 0 Å². The monoisotopic (exact) mass is 489 g/mol. The Kier molecular flexibility index (Phi) is 7.06. The standard InChI is InChI=1S/C23H31N5O5S/c1-5-8-28-21-7-6-18(34(30,31)27-9-11-32-12-10-27)13-20(21)24-22(28)15-33-23(29)14-19-16(2)25-26(4)17(19)3/h6-7,13H,5,8-12,14-15H2,1-4H3. The fourth-order valence-electron chi connectivity index (χ4n) is 4.25. The normalized spacial score (nSPS) is 15.2. The van der Waals surface area contributed by atoms with Crippen LogP contribution in [0.25, 0.3) is 11.0 Å². The number of fused-ring (bicyclic) bond motifs is 1. The molecular weight excluding hydrogens is 458 g/mol. The molecule has 0 aliphatic carbocycles. The summed E-state index contributed by atoms with van der Waals surface area (Å²) in [5.74, 6) is 0.232. The summed E-state index contributed by atoms with van der Waals surface area (Å²) in [6.45, 7) is 7.98. The molecule has 0 N–H and O–H groups in total. The molecule has 34 heavy (non-hydrogen) atoms. The van der Waals surface area contributed by atoms with Crippen LogP contribution >= 0.6 is 0 Å². The topological polar surface area (TPSA) is 109 Å². The second-order valence-corrected chi connectivity index (χ2v) is 10.4. The molecule has 11 heteroatoms. The van der Waals surface area contributed by atoms with Crippen LogP contribution in [0, 0.1) is 13.8 Å². The van der Waals surface area contributed by atoms with Gasteiger partial charge in [-0.15, -0.1) is 0 Å². The number of nitrogens with zero attached hydrogens (tertiary/aromatic N) is 5. The highest BCUT2D eigenvalue weighted by atomic mass is 32.2. The maximum atomic E-state index is 13.1. The van der Waals surface area contributed by atoms with Crippen LogP contribution in [-0.4, -0.2) is 64.3 Å². The molecule has 3 heterocycles. The second-order valence-electron chi connectivity index (χ2n) is 8.46.